The Labute approximate surface area is 116 Å². The van der Waals surface area contributed by atoms with Crippen molar-refractivity contribution in [2.75, 3.05) is 20.3 Å². The first-order valence-electron chi connectivity index (χ1n) is 5.86. The third-order valence-corrected chi connectivity index (χ3v) is 3.02. The molecule has 0 aromatic heterocycles. The highest BCUT2D eigenvalue weighted by molar-refractivity contribution is 9.10. The average molecular weight is 316 g/mol. The minimum Gasteiger partial charge on any atom is -0.491 e. The predicted molar refractivity (Wildman–Crippen MR) is 73.7 cm³/mol. The van der Waals surface area contributed by atoms with Gasteiger partial charge in [-0.2, -0.15) is 0 Å². The van der Waals surface area contributed by atoms with Crippen LogP contribution in [0.15, 0.2) is 22.7 Å². The molecule has 0 amide bonds. The molecule has 5 heteroatoms. The molecule has 0 saturated heterocycles. The number of hydrogen-bond acceptors (Lipinski definition) is 4. The van der Waals surface area contributed by atoms with E-state index < -0.39 is 0 Å². The maximum Gasteiger partial charge on any atom is 0.308 e. The van der Waals surface area contributed by atoms with Gasteiger partial charge in [-0.25, -0.2) is 0 Å². The Bertz CT molecular complexity index is 396. The Morgan fingerprint density at radius 3 is 2.89 bits per heavy atom. The lowest BCUT2D eigenvalue weighted by Gasteiger charge is -2.13. The summed E-state index contributed by atoms with van der Waals surface area (Å²) >= 11 is 3.45. The van der Waals surface area contributed by atoms with Crippen LogP contribution in [-0.4, -0.2) is 26.2 Å². The number of hydrogen-bond donors (Lipinski definition) is 1. The van der Waals surface area contributed by atoms with Gasteiger partial charge in [-0.1, -0.05) is 19.1 Å². The lowest BCUT2D eigenvalue weighted by atomic mass is 10.2. The number of benzene rings is 1. The standard InChI is InChI=1S/C13H18BrNO3/c1-3-15-9-10-5-4-6-11(14)13(10)18-8-7-12(16)17-2/h4-6,15H,3,7-9H2,1-2H3. The number of nitrogens with one attached hydrogen (secondary N) is 1. The number of para-hydroxylation sites is 1. The number of halogens is 1. The van der Waals surface area contributed by atoms with E-state index in [0.717, 1.165) is 28.9 Å². The van der Waals surface area contributed by atoms with Gasteiger partial charge in [0, 0.05) is 12.1 Å². The second-order valence-corrected chi connectivity index (χ2v) is 4.54. The molecule has 100 valence electrons. The first-order valence-corrected chi connectivity index (χ1v) is 6.66. The van der Waals surface area contributed by atoms with Crippen molar-refractivity contribution in [1.82, 2.24) is 5.32 Å². The lowest BCUT2D eigenvalue weighted by Crippen LogP contribution is -2.14. The predicted octanol–water partition coefficient (Wildman–Crippen LogP) is 2.50. The zero-order valence-corrected chi connectivity index (χ0v) is 12.2. The van der Waals surface area contributed by atoms with Crippen molar-refractivity contribution >= 4 is 21.9 Å². The van der Waals surface area contributed by atoms with E-state index in [1.54, 1.807) is 0 Å². The monoisotopic (exact) mass is 315 g/mol. The van der Waals surface area contributed by atoms with E-state index in [9.17, 15) is 4.79 Å². The Morgan fingerprint density at radius 1 is 1.44 bits per heavy atom. The number of carbonyl (C=O) groups excluding carboxylic acids is 1. The van der Waals surface area contributed by atoms with Gasteiger partial charge in [0.25, 0.3) is 0 Å². The zero-order chi connectivity index (χ0) is 13.4. The first kappa shape index (κ1) is 15.0. The summed E-state index contributed by atoms with van der Waals surface area (Å²) in [6.07, 6.45) is 0.248. The van der Waals surface area contributed by atoms with Crippen LogP contribution < -0.4 is 10.1 Å². The molecule has 4 nitrogen and oxygen atoms in total. The molecule has 1 N–H and O–H groups in total. The van der Waals surface area contributed by atoms with Crippen molar-refractivity contribution in [2.45, 2.75) is 19.9 Å². The molecular weight excluding hydrogens is 298 g/mol. The molecular formula is C13H18BrNO3. The van der Waals surface area contributed by atoms with Gasteiger partial charge in [-0.3, -0.25) is 4.79 Å². The van der Waals surface area contributed by atoms with Gasteiger partial charge in [-0.05, 0) is 28.5 Å². The minimum atomic E-state index is -0.268. The Balaban J connectivity index is 2.64. The number of methoxy groups -OCH3 is 1. The van der Waals surface area contributed by atoms with Gasteiger partial charge in [0.05, 0.1) is 24.6 Å². The van der Waals surface area contributed by atoms with E-state index in [1.807, 2.05) is 18.2 Å². The van der Waals surface area contributed by atoms with Crippen LogP contribution in [0.2, 0.25) is 0 Å². The Kier molecular flexibility index (Phi) is 6.75. The molecule has 0 saturated carbocycles. The maximum absolute atomic E-state index is 11.0. The molecule has 0 aliphatic carbocycles. The Hall–Kier alpha value is -1.07. The molecule has 0 spiro atoms. The van der Waals surface area contributed by atoms with E-state index in [-0.39, 0.29) is 12.4 Å². The van der Waals surface area contributed by atoms with Gasteiger partial charge in [-0.15, -0.1) is 0 Å². The van der Waals surface area contributed by atoms with Crippen LogP contribution in [0.25, 0.3) is 0 Å². The summed E-state index contributed by atoms with van der Waals surface area (Å²) in [6.45, 7) is 4.00. The highest BCUT2D eigenvalue weighted by Gasteiger charge is 2.09. The second-order valence-electron chi connectivity index (χ2n) is 3.68. The largest absolute Gasteiger partial charge is 0.491 e. The van der Waals surface area contributed by atoms with E-state index in [1.165, 1.54) is 7.11 Å². The molecule has 0 aliphatic rings. The zero-order valence-electron chi connectivity index (χ0n) is 10.7. The van der Waals surface area contributed by atoms with Gasteiger partial charge < -0.3 is 14.8 Å². The summed E-state index contributed by atoms with van der Waals surface area (Å²) in [5, 5.41) is 3.25. The second kappa shape index (κ2) is 8.11. The summed E-state index contributed by atoms with van der Waals surface area (Å²) in [7, 11) is 1.37. The molecule has 0 aliphatic heterocycles. The molecule has 0 bridgehead atoms. The lowest BCUT2D eigenvalue weighted by molar-refractivity contribution is -0.141. The van der Waals surface area contributed by atoms with Gasteiger partial charge in [0.1, 0.15) is 5.75 Å². The van der Waals surface area contributed by atoms with Crippen molar-refractivity contribution in [3.63, 3.8) is 0 Å². The fraction of sp³-hybridized carbons (Fsp3) is 0.462. The van der Waals surface area contributed by atoms with Crippen LogP contribution in [0.1, 0.15) is 18.9 Å². The van der Waals surface area contributed by atoms with Gasteiger partial charge >= 0.3 is 5.97 Å². The summed E-state index contributed by atoms with van der Waals surface area (Å²) in [5.74, 6) is 0.512. The van der Waals surface area contributed by atoms with Crippen molar-refractivity contribution < 1.29 is 14.3 Å². The van der Waals surface area contributed by atoms with Gasteiger partial charge in [0.15, 0.2) is 0 Å². The van der Waals surface area contributed by atoms with Crippen LogP contribution in [-0.2, 0) is 16.1 Å². The van der Waals surface area contributed by atoms with Crippen molar-refractivity contribution in [3.8, 4) is 5.75 Å². The maximum atomic E-state index is 11.0. The summed E-state index contributed by atoms with van der Waals surface area (Å²) in [6, 6.07) is 5.88. The number of carbonyl (C=O) groups is 1. The third kappa shape index (κ3) is 4.66. The third-order valence-electron chi connectivity index (χ3n) is 2.39. The number of esters is 1. The summed E-state index contributed by atoms with van der Waals surface area (Å²) in [4.78, 5) is 11.0. The SMILES string of the molecule is CCNCc1cccc(Br)c1OCCC(=O)OC. The van der Waals surface area contributed by atoms with Crippen LogP contribution in [0.3, 0.4) is 0 Å². The van der Waals surface area contributed by atoms with Crippen molar-refractivity contribution in [3.05, 3.63) is 28.2 Å². The van der Waals surface area contributed by atoms with E-state index in [0.29, 0.717) is 6.61 Å². The molecule has 1 rings (SSSR count). The fourth-order valence-electron chi connectivity index (χ4n) is 1.45. The highest BCUT2D eigenvalue weighted by atomic mass is 79.9. The molecule has 0 atom stereocenters. The molecule has 0 heterocycles. The Morgan fingerprint density at radius 2 is 2.22 bits per heavy atom. The summed E-state index contributed by atoms with van der Waals surface area (Å²) in [5.41, 5.74) is 1.07. The smallest absolute Gasteiger partial charge is 0.308 e. The van der Waals surface area contributed by atoms with Crippen molar-refractivity contribution in [1.29, 1.82) is 0 Å². The molecule has 1 aromatic carbocycles. The van der Waals surface area contributed by atoms with Gasteiger partial charge in [0.2, 0.25) is 0 Å². The quantitative estimate of drug-likeness (QED) is 0.785. The van der Waals surface area contributed by atoms with E-state index >= 15 is 0 Å². The van der Waals surface area contributed by atoms with Crippen LogP contribution in [0.4, 0.5) is 0 Å². The normalized spacial score (nSPS) is 10.2. The number of ether oxygens (including phenoxy) is 2. The number of rotatable bonds is 7. The fourth-order valence-corrected chi connectivity index (χ4v) is 1.97. The molecule has 1 aromatic rings. The van der Waals surface area contributed by atoms with E-state index in [4.69, 9.17) is 4.74 Å². The molecule has 0 radical (unpaired) electrons. The molecule has 18 heavy (non-hydrogen) atoms. The van der Waals surface area contributed by atoms with Crippen molar-refractivity contribution in [2.24, 2.45) is 0 Å². The summed E-state index contributed by atoms with van der Waals surface area (Å²) < 4.78 is 11.1. The molecule has 0 unspecified atom stereocenters. The minimum absolute atomic E-state index is 0.248. The van der Waals surface area contributed by atoms with E-state index in [2.05, 4.69) is 32.9 Å². The van der Waals surface area contributed by atoms with Crippen LogP contribution >= 0.6 is 15.9 Å². The molecule has 0 fully saturated rings. The van der Waals surface area contributed by atoms with Crippen LogP contribution in [0.5, 0.6) is 5.75 Å². The van der Waals surface area contributed by atoms with Crippen LogP contribution in [0, 0.1) is 0 Å². The first-order chi connectivity index (χ1) is 8.69. The highest BCUT2D eigenvalue weighted by Crippen LogP contribution is 2.29. The topological polar surface area (TPSA) is 47.6 Å². The average Bonchev–Trinajstić information content (AvgIpc) is 2.38.